The van der Waals surface area contributed by atoms with Gasteiger partial charge >= 0.3 is 0 Å². The Morgan fingerprint density at radius 3 is 2.65 bits per heavy atom. The van der Waals surface area contributed by atoms with Crippen LogP contribution in [0.3, 0.4) is 0 Å². The number of β-amino-alcohol motifs (C(OH)–C–C–N with tert-alkyl or cyclic N) is 1. The molecule has 0 radical (unpaired) electrons. The van der Waals surface area contributed by atoms with Crippen molar-refractivity contribution in [3.05, 3.63) is 16.4 Å². The average molecular weight is 262 g/mol. The minimum absolute atomic E-state index is 0.0219. The number of carbonyl (C=O) groups is 1. The van der Waals surface area contributed by atoms with Crippen LogP contribution in [0.1, 0.15) is 16.2 Å². The molecular formula is C10H13ClFN3O2. The molecule has 0 saturated carbocycles. The van der Waals surface area contributed by atoms with Gasteiger partial charge in [0.2, 0.25) is 0 Å². The molecular weight excluding hydrogens is 249 g/mol. The molecule has 0 bridgehead atoms. The van der Waals surface area contributed by atoms with Crippen LogP contribution in [0.15, 0.2) is 0 Å². The molecule has 2 atom stereocenters. The highest BCUT2D eigenvalue weighted by Gasteiger charge is 2.36. The van der Waals surface area contributed by atoms with Gasteiger partial charge in [0.05, 0.1) is 23.8 Å². The maximum atomic E-state index is 13.1. The molecule has 0 unspecified atom stereocenters. The first-order chi connectivity index (χ1) is 7.91. The fraction of sp³-hybridized carbons (Fsp3) is 0.600. The van der Waals surface area contributed by atoms with E-state index in [0.717, 1.165) is 0 Å². The van der Waals surface area contributed by atoms with Crippen molar-refractivity contribution in [2.45, 2.75) is 19.2 Å². The van der Waals surface area contributed by atoms with Gasteiger partial charge in [-0.15, -0.1) is 0 Å². The lowest BCUT2D eigenvalue weighted by Gasteiger charge is -2.13. The standard InChI is InChI=1S/C10H13ClFN3O2/c1-5-8(11)9(13-14(5)2)10(17)15-3-6(12)7(16)4-15/h6-7,16H,3-4H2,1-2H3/t6-,7-/m1/s1. The van der Waals surface area contributed by atoms with E-state index in [2.05, 4.69) is 5.10 Å². The molecule has 2 heterocycles. The monoisotopic (exact) mass is 261 g/mol. The van der Waals surface area contributed by atoms with E-state index in [9.17, 15) is 14.3 Å². The molecule has 1 aliphatic heterocycles. The molecule has 1 aromatic heterocycles. The van der Waals surface area contributed by atoms with Gasteiger partial charge in [-0.2, -0.15) is 5.10 Å². The Bertz CT molecular complexity index is 453. The summed E-state index contributed by atoms with van der Waals surface area (Å²) in [5.41, 5.74) is 0.777. The van der Waals surface area contributed by atoms with E-state index >= 15 is 0 Å². The van der Waals surface area contributed by atoms with Gasteiger partial charge < -0.3 is 10.0 Å². The maximum Gasteiger partial charge on any atom is 0.276 e. The fourth-order valence-electron chi connectivity index (χ4n) is 1.78. The van der Waals surface area contributed by atoms with Crippen LogP contribution in [-0.4, -0.2) is 51.1 Å². The van der Waals surface area contributed by atoms with Gasteiger partial charge in [-0.05, 0) is 6.92 Å². The summed E-state index contributed by atoms with van der Waals surface area (Å²) in [6.07, 6.45) is -2.52. The summed E-state index contributed by atoms with van der Waals surface area (Å²) in [5.74, 6) is -0.446. The van der Waals surface area contributed by atoms with E-state index < -0.39 is 18.2 Å². The van der Waals surface area contributed by atoms with Crippen molar-refractivity contribution < 1.29 is 14.3 Å². The van der Waals surface area contributed by atoms with Gasteiger partial charge in [-0.3, -0.25) is 9.48 Å². The lowest BCUT2D eigenvalue weighted by molar-refractivity contribution is 0.0758. The Labute approximate surface area is 103 Å². The van der Waals surface area contributed by atoms with E-state index in [1.165, 1.54) is 9.58 Å². The number of aryl methyl sites for hydroxylation is 1. The molecule has 94 valence electrons. The van der Waals surface area contributed by atoms with Gasteiger partial charge in [-0.1, -0.05) is 11.6 Å². The third-order valence-electron chi connectivity index (χ3n) is 2.97. The first kappa shape index (κ1) is 12.3. The van der Waals surface area contributed by atoms with E-state index in [-0.39, 0.29) is 23.8 Å². The zero-order valence-corrected chi connectivity index (χ0v) is 10.3. The largest absolute Gasteiger partial charge is 0.388 e. The number of amides is 1. The second-order valence-electron chi connectivity index (χ2n) is 4.17. The number of hydrogen-bond donors (Lipinski definition) is 1. The van der Waals surface area contributed by atoms with E-state index in [1.807, 2.05) is 0 Å². The summed E-state index contributed by atoms with van der Waals surface area (Å²) in [4.78, 5) is 13.2. The van der Waals surface area contributed by atoms with Crippen LogP contribution in [0.5, 0.6) is 0 Å². The normalized spacial score (nSPS) is 24.4. The van der Waals surface area contributed by atoms with Crippen LogP contribution in [-0.2, 0) is 7.05 Å². The van der Waals surface area contributed by atoms with Crippen molar-refractivity contribution in [3.8, 4) is 0 Å². The minimum atomic E-state index is -1.40. The van der Waals surface area contributed by atoms with Crippen LogP contribution in [0.2, 0.25) is 5.02 Å². The number of carbonyl (C=O) groups excluding carboxylic acids is 1. The number of aliphatic hydroxyl groups excluding tert-OH is 1. The van der Waals surface area contributed by atoms with Crippen molar-refractivity contribution in [3.63, 3.8) is 0 Å². The second-order valence-corrected chi connectivity index (χ2v) is 4.54. The molecule has 1 aliphatic rings. The zero-order chi connectivity index (χ0) is 12.7. The molecule has 7 heteroatoms. The fourth-order valence-corrected chi connectivity index (χ4v) is 2.02. The summed E-state index contributed by atoms with van der Waals surface area (Å²) in [7, 11) is 1.68. The molecule has 1 aromatic rings. The molecule has 0 aromatic carbocycles. The first-order valence-electron chi connectivity index (χ1n) is 5.22. The Morgan fingerprint density at radius 1 is 1.59 bits per heavy atom. The van der Waals surface area contributed by atoms with Gasteiger partial charge in [0.15, 0.2) is 5.69 Å². The highest BCUT2D eigenvalue weighted by atomic mass is 35.5. The van der Waals surface area contributed by atoms with Gasteiger partial charge in [0.25, 0.3) is 5.91 Å². The molecule has 0 aliphatic carbocycles. The van der Waals surface area contributed by atoms with Gasteiger partial charge in [0, 0.05) is 7.05 Å². The van der Waals surface area contributed by atoms with Crippen molar-refractivity contribution in [1.82, 2.24) is 14.7 Å². The topological polar surface area (TPSA) is 58.4 Å². The van der Waals surface area contributed by atoms with Crippen molar-refractivity contribution in [2.24, 2.45) is 7.05 Å². The Hall–Kier alpha value is -1.14. The Balaban J connectivity index is 2.23. The predicted molar refractivity (Wildman–Crippen MR) is 59.8 cm³/mol. The first-order valence-corrected chi connectivity index (χ1v) is 5.60. The van der Waals surface area contributed by atoms with Crippen molar-refractivity contribution in [1.29, 1.82) is 0 Å². The molecule has 1 saturated heterocycles. The molecule has 1 amide bonds. The van der Waals surface area contributed by atoms with Crippen molar-refractivity contribution in [2.75, 3.05) is 13.1 Å². The summed E-state index contributed by atoms with van der Waals surface area (Å²) >= 11 is 5.97. The highest BCUT2D eigenvalue weighted by molar-refractivity contribution is 6.34. The van der Waals surface area contributed by atoms with Gasteiger partial charge in [-0.25, -0.2) is 4.39 Å². The number of nitrogens with zero attached hydrogens (tertiary/aromatic N) is 3. The van der Waals surface area contributed by atoms with E-state index in [0.29, 0.717) is 5.69 Å². The number of hydrogen-bond acceptors (Lipinski definition) is 3. The number of likely N-dealkylation sites (tertiary alicyclic amines) is 1. The van der Waals surface area contributed by atoms with Crippen molar-refractivity contribution >= 4 is 17.5 Å². The second kappa shape index (κ2) is 4.27. The molecule has 2 rings (SSSR count). The van der Waals surface area contributed by atoms with Crippen LogP contribution in [0.25, 0.3) is 0 Å². The Kier molecular flexibility index (Phi) is 3.09. The molecule has 1 fully saturated rings. The molecule has 5 nitrogen and oxygen atoms in total. The van der Waals surface area contributed by atoms with Crippen LogP contribution >= 0.6 is 11.6 Å². The number of alkyl halides is 1. The van der Waals surface area contributed by atoms with Crippen LogP contribution in [0.4, 0.5) is 4.39 Å². The molecule has 0 spiro atoms. The maximum absolute atomic E-state index is 13.1. The smallest absolute Gasteiger partial charge is 0.276 e. The quantitative estimate of drug-likeness (QED) is 0.803. The molecule has 1 N–H and O–H groups in total. The van der Waals surface area contributed by atoms with E-state index in [4.69, 9.17) is 11.6 Å². The van der Waals surface area contributed by atoms with Gasteiger partial charge in [0.1, 0.15) is 12.3 Å². The number of rotatable bonds is 1. The number of halogens is 2. The number of aromatic nitrogens is 2. The summed E-state index contributed by atoms with van der Waals surface area (Å²) in [5, 5.41) is 13.5. The van der Waals surface area contributed by atoms with Crippen LogP contribution in [0, 0.1) is 6.92 Å². The summed E-state index contributed by atoms with van der Waals surface area (Å²) in [6.45, 7) is 1.60. The van der Waals surface area contributed by atoms with E-state index in [1.54, 1.807) is 14.0 Å². The SMILES string of the molecule is Cc1c(Cl)c(C(=O)N2C[C@@H](O)[C@H](F)C2)nn1C. The van der Waals surface area contributed by atoms with Crippen LogP contribution < -0.4 is 0 Å². The summed E-state index contributed by atoms with van der Waals surface area (Å²) < 4.78 is 14.6. The third kappa shape index (κ3) is 2.02. The lowest BCUT2D eigenvalue weighted by atomic mass is 10.3. The average Bonchev–Trinajstić information content (AvgIpc) is 2.74. The minimum Gasteiger partial charge on any atom is -0.388 e. The summed E-state index contributed by atoms with van der Waals surface area (Å²) in [6, 6.07) is 0. The third-order valence-corrected chi connectivity index (χ3v) is 3.42. The number of aliphatic hydroxyl groups is 1. The zero-order valence-electron chi connectivity index (χ0n) is 9.52. The predicted octanol–water partition coefficient (Wildman–Crippen LogP) is 0.537. The molecule has 17 heavy (non-hydrogen) atoms. The lowest BCUT2D eigenvalue weighted by Crippen LogP contribution is -2.30. The Morgan fingerprint density at radius 2 is 2.24 bits per heavy atom. The highest BCUT2D eigenvalue weighted by Crippen LogP contribution is 2.23.